The van der Waals surface area contributed by atoms with Gasteiger partial charge in [-0.25, -0.2) is 4.39 Å². The van der Waals surface area contributed by atoms with Crippen molar-refractivity contribution >= 4 is 11.3 Å². The molecule has 1 heterocycles. The van der Waals surface area contributed by atoms with Gasteiger partial charge in [-0.15, -0.1) is 11.3 Å². The molecular weight excluding hydrogens is 281 g/mol. The van der Waals surface area contributed by atoms with Gasteiger partial charge in [-0.1, -0.05) is 12.1 Å². The molecule has 1 nitrogen and oxygen atoms in total. The fraction of sp³-hybridized carbons (Fsp3) is 0.444. The van der Waals surface area contributed by atoms with Crippen molar-refractivity contribution < 1.29 is 4.39 Å². The zero-order valence-electron chi connectivity index (χ0n) is 12.8. The molecule has 1 saturated carbocycles. The van der Waals surface area contributed by atoms with Gasteiger partial charge in [0.05, 0.1) is 0 Å². The number of nitrogens with one attached hydrogen (secondary N) is 1. The van der Waals surface area contributed by atoms with Crippen LogP contribution in [-0.4, -0.2) is 6.04 Å². The molecule has 3 rings (SSSR count). The third-order valence-electron chi connectivity index (χ3n) is 4.51. The molecule has 1 fully saturated rings. The lowest BCUT2D eigenvalue weighted by Crippen LogP contribution is -2.41. The van der Waals surface area contributed by atoms with E-state index in [1.54, 1.807) is 12.1 Å². The molecule has 0 saturated heterocycles. The molecule has 1 aliphatic carbocycles. The van der Waals surface area contributed by atoms with E-state index >= 15 is 0 Å². The van der Waals surface area contributed by atoms with E-state index in [2.05, 4.69) is 32.2 Å². The van der Waals surface area contributed by atoms with Crippen LogP contribution in [0.5, 0.6) is 0 Å². The molecule has 2 aromatic rings. The maximum absolute atomic E-state index is 12.9. The number of thiophene rings is 1. The quantitative estimate of drug-likeness (QED) is 0.828. The van der Waals surface area contributed by atoms with Gasteiger partial charge < -0.3 is 5.32 Å². The Bertz CT molecular complexity index is 611. The molecule has 0 bridgehead atoms. The Morgan fingerprint density at radius 1 is 1.19 bits per heavy atom. The minimum absolute atomic E-state index is 0.148. The Morgan fingerprint density at radius 2 is 1.86 bits per heavy atom. The van der Waals surface area contributed by atoms with Gasteiger partial charge in [0.25, 0.3) is 0 Å². The molecule has 0 amide bonds. The fourth-order valence-corrected chi connectivity index (χ4v) is 4.31. The van der Waals surface area contributed by atoms with Gasteiger partial charge in [-0.2, -0.15) is 0 Å². The summed E-state index contributed by atoms with van der Waals surface area (Å²) in [7, 11) is 0. The second-order valence-corrected chi connectivity index (χ2v) is 7.63. The SMILES string of the molecule is Cc1cc(C(C)NC2CC(c3ccc(F)cc3)C2)c(C)s1. The summed E-state index contributed by atoms with van der Waals surface area (Å²) < 4.78 is 12.9. The molecule has 1 unspecified atom stereocenters. The van der Waals surface area contributed by atoms with E-state index in [0.717, 1.165) is 12.8 Å². The summed E-state index contributed by atoms with van der Waals surface area (Å²) in [6, 6.07) is 10.3. The van der Waals surface area contributed by atoms with E-state index in [9.17, 15) is 4.39 Å². The van der Waals surface area contributed by atoms with Crippen LogP contribution in [0.4, 0.5) is 4.39 Å². The van der Waals surface area contributed by atoms with Crippen LogP contribution in [0.25, 0.3) is 0 Å². The minimum Gasteiger partial charge on any atom is -0.307 e. The predicted molar refractivity (Wildman–Crippen MR) is 87.5 cm³/mol. The number of benzene rings is 1. The summed E-state index contributed by atoms with van der Waals surface area (Å²) >= 11 is 1.87. The van der Waals surface area contributed by atoms with Gasteiger partial charge in [0.15, 0.2) is 0 Å². The summed E-state index contributed by atoms with van der Waals surface area (Å²) in [6.45, 7) is 6.62. The van der Waals surface area contributed by atoms with E-state index in [-0.39, 0.29) is 5.82 Å². The fourth-order valence-electron chi connectivity index (χ4n) is 3.28. The number of rotatable bonds is 4. The highest BCUT2D eigenvalue weighted by Crippen LogP contribution is 2.38. The minimum atomic E-state index is -0.148. The van der Waals surface area contributed by atoms with Crippen molar-refractivity contribution in [2.75, 3.05) is 0 Å². The van der Waals surface area contributed by atoms with Crippen LogP contribution in [0.15, 0.2) is 30.3 Å². The van der Waals surface area contributed by atoms with Gasteiger partial charge in [-0.05, 0) is 68.9 Å². The average Bonchev–Trinajstić information content (AvgIpc) is 2.74. The van der Waals surface area contributed by atoms with Crippen LogP contribution in [0.2, 0.25) is 0 Å². The normalized spacial score (nSPS) is 22.9. The van der Waals surface area contributed by atoms with Crippen LogP contribution >= 0.6 is 11.3 Å². The Kier molecular flexibility index (Phi) is 4.14. The highest BCUT2D eigenvalue weighted by Gasteiger charge is 2.31. The molecule has 0 spiro atoms. The highest BCUT2D eigenvalue weighted by molar-refractivity contribution is 7.12. The first-order chi connectivity index (χ1) is 10.0. The molecule has 112 valence electrons. The highest BCUT2D eigenvalue weighted by atomic mass is 32.1. The first kappa shape index (κ1) is 14.7. The van der Waals surface area contributed by atoms with Crippen LogP contribution < -0.4 is 5.32 Å². The molecule has 1 atom stereocenters. The van der Waals surface area contributed by atoms with Crippen molar-refractivity contribution in [3.8, 4) is 0 Å². The van der Waals surface area contributed by atoms with Crippen molar-refractivity contribution in [3.05, 3.63) is 57.0 Å². The van der Waals surface area contributed by atoms with Crippen molar-refractivity contribution in [2.24, 2.45) is 0 Å². The van der Waals surface area contributed by atoms with E-state index in [4.69, 9.17) is 0 Å². The van der Waals surface area contributed by atoms with Gasteiger partial charge >= 0.3 is 0 Å². The standard InChI is InChI=1S/C18H22FNS/c1-11-8-18(13(3)21-11)12(2)20-17-9-15(10-17)14-4-6-16(19)7-5-14/h4-8,12,15,17,20H,9-10H2,1-3H3. The topological polar surface area (TPSA) is 12.0 Å². The maximum atomic E-state index is 12.9. The molecule has 0 aliphatic heterocycles. The number of hydrogen-bond donors (Lipinski definition) is 1. The third kappa shape index (κ3) is 3.19. The smallest absolute Gasteiger partial charge is 0.123 e. The van der Waals surface area contributed by atoms with E-state index in [1.165, 1.54) is 20.9 Å². The first-order valence-electron chi connectivity index (χ1n) is 7.61. The Morgan fingerprint density at radius 3 is 2.43 bits per heavy atom. The summed E-state index contributed by atoms with van der Waals surface area (Å²) in [5.74, 6) is 0.435. The Hall–Kier alpha value is -1.19. The molecule has 3 heteroatoms. The molecular formula is C18H22FNS. The van der Waals surface area contributed by atoms with Crippen LogP contribution in [0.1, 0.15) is 52.6 Å². The van der Waals surface area contributed by atoms with E-state index in [0.29, 0.717) is 18.0 Å². The molecule has 1 aromatic heterocycles. The molecule has 21 heavy (non-hydrogen) atoms. The summed E-state index contributed by atoms with van der Waals surface area (Å²) in [4.78, 5) is 2.80. The summed E-state index contributed by atoms with van der Waals surface area (Å²) in [5, 5.41) is 3.73. The predicted octanol–water partition coefficient (Wildman–Crippen LogP) is 5.10. The lowest BCUT2D eigenvalue weighted by molar-refractivity contribution is 0.270. The Labute approximate surface area is 130 Å². The average molecular weight is 303 g/mol. The zero-order valence-corrected chi connectivity index (χ0v) is 13.6. The number of aryl methyl sites for hydroxylation is 2. The first-order valence-corrected chi connectivity index (χ1v) is 8.43. The van der Waals surface area contributed by atoms with Crippen molar-refractivity contribution in [1.29, 1.82) is 0 Å². The largest absolute Gasteiger partial charge is 0.307 e. The van der Waals surface area contributed by atoms with Crippen LogP contribution in [-0.2, 0) is 0 Å². The lowest BCUT2D eigenvalue weighted by atomic mass is 9.75. The lowest BCUT2D eigenvalue weighted by Gasteiger charge is -2.38. The maximum Gasteiger partial charge on any atom is 0.123 e. The van der Waals surface area contributed by atoms with Crippen molar-refractivity contribution in [2.45, 2.75) is 51.6 Å². The van der Waals surface area contributed by atoms with Crippen molar-refractivity contribution in [3.63, 3.8) is 0 Å². The summed E-state index contributed by atoms with van der Waals surface area (Å²) in [5.41, 5.74) is 2.70. The zero-order chi connectivity index (χ0) is 15.0. The molecule has 0 radical (unpaired) electrons. The van der Waals surface area contributed by atoms with Gasteiger partial charge in [-0.3, -0.25) is 0 Å². The van der Waals surface area contributed by atoms with Crippen LogP contribution in [0.3, 0.4) is 0 Å². The molecule has 1 aliphatic rings. The van der Waals surface area contributed by atoms with E-state index in [1.807, 2.05) is 23.5 Å². The van der Waals surface area contributed by atoms with Crippen LogP contribution in [0, 0.1) is 19.7 Å². The molecule has 1 N–H and O–H groups in total. The summed E-state index contributed by atoms with van der Waals surface area (Å²) in [6.07, 6.45) is 2.30. The van der Waals surface area contributed by atoms with Gasteiger partial charge in [0.1, 0.15) is 5.82 Å². The number of halogens is 1. The monoisotopic (exact) mass is 303 g/mol. The second-order valence-electron chi connectivity index (χ2n) is 6.17. The van der Waals surface area contributed by atoms with Gasteiger partial charge in [0.2, 0.25) is 0 Å². The second kappa shape index (κ2) is 5.90. The van der Waals surface area contributed by atoms with Crippen molar-refractivity contribution in [1.82, 2.24) is 5.32 Å². The molecule has 1 aromatic carbocycles. The third-order valence-corrected chi connectivity index (χ3v) is 5.49. The number of hydrogen-bond acceptors (Lipinski definition) is 2. The van der Waals surface area contributed by atoms with Gasteiger partial charge in [0, 0.05) is 21.8 Å². The van der Waals surface area contributed by atoms with E-state index < -0.39 is 0 Å². The Balaban J connectivity index is 1.55.